The Bertz CT molecular complexity index is 588. The van der Waals surface area contributed by atoms with E-state index in [1.165, 1.54) is 11.3 Å². The second-order valence-electron chi connectivity index (χ2n) is 4.57. The molecule has 2 heterocycles. The molecular weight excluding hydrogens is 248 g/mol. The predicted octanol–water partition coefficient (Wildman–Crippen LogP) is 2.27. The molecule has 18 heavy (non-hydrogen) atoms. The van der Waals surface area contributed by atoms with Crippen LogP contribution in [0, 0.1) is 12.8 Å². The van der Waals surface area contributed by atoms with Crippen LogP contribution < -0.4 is 10.9 Å². The van der Waals surface area contributed by atoms with E-state index in [2.05, 4.69) is 34.3 Å². The number of nitrogens with zero attached hydrogens (tertiary/aromatic N) is 2. The maximum atomic E-state index is 11.8. The lowest BCUT2D eigenvalue weighted by Gasteiger charge is -2.03. The maximum Gasteiger partial charge on any atom is 0.258 e. The number of rotatable bonds is 4. The molecule has 0 fully saturated rings. The second-order valence-corrected chi connectivity index (χ2v) is 5.55. The number of H-pyrrole nitrogens is 1. The third-order valence-corrected chi connectivity index (χ3v) is 3.29. The number of aromatic amines is 1. The van der Waals surface area contributed by atoms with Crippen molar-refractivity contribution in [3.63, 3.8) is 0 Å². The monoisotopic (exact) mass is 264 g/mol. The lowest BCUT2D eigenvalue weighted by molar-refractivity contribution is 0.687. The number of anilines is 1. The Labute approximate surface area is 109 Å². The van der Waals surface area contributed by atoms with E-state index in [-0.39, 0.29) is 5.56 Å². The molecule has 0 aliphatic heterocycles. The molecule has 0 aliphatic carbocycles. The van der Waals surface area contributed by atoms with Crippen LogP contribution in [-0.4, -0.2) is 21.7 Å². The van der Waals surface area contributed by atoms with Crippen molar-refractivity contribution in [3.8, 4) is 10.6 Å². The van der Waals surface area contributed by atoms with Crippen LogP contribution in [0.5, 0.6) is 0 Å². The summed E-state index contributed by atoms with van der Waals surface area (Å²) in [5, 5.41) is 12.7. The molecule has 2 N–H and O–H groups in total. The highest BCUT2D eigenvalue weighted by atomic mass is 32.1. The first-order valence-electron chi connectivity index (χ1n) is 5.84. The minimum atomic E-state index is -0.124. The predicted molar refractivity (Wildman–Crippen MR) is 74.0 cm³/mol. The summed E-state index contributed by atoms with van der Waals surface area (Å²) in [6.45, 7) is 6.94. The Hall–Kier alpha value is -1.69. The van der Waals surface area contributed by atoms with Crippen molar-refractivity contribution in [1.29, 1.82) is 0 Å². The van der Waals surface area contributed by atoms with Gasteiger partial charge >= 0.3 is 0 Å². The normalized spacial score (nSPS) is 10.9. The van der Waals surface area contributed by atoms with Crippen molar-refractivity contribution in [1.82, 2.24) is 15.2 Å². The summed E-state index contributed by atoms with van der Waals surface area (Å²) >= 11 is 1.39. The average Bonchev–Trinajstić information content (AvgIpc) is 2.75. The summed E-state index contributed by atoms with van der Waals surface area (Å²) in [6.07, 6.45) is 0. The third kappa shape index (κ3) is 2.95. The van der Waals surface area contributed by atoms with Crippen LogP contribution >= 0.6 is 11.3 Å². The van der Waals surface area contributed by atoms with Crippen molar-refractivity contribution in [2.75, 3.05) is 11.9 Å². The molecule has 0 atom stereocenters. The average molecular weight is 264 g/mol. The largest absolute Gasteiger partial charge is 0.360 e. The zero-order valence-corrected chi connectivity index (χ0v) is 11.5. The van der Waals surface area contributed by atoms with Gasteiger partial charge in [0.25, 0.3) is 5.56 Å². The van der Waals surface area contributed by atoms with Gasteiger partial charge in [-0.3, -0.25) is 4.79 Å². The van der Waals surface area contributed by atoms with Gasteiger partial charge in [-0.15, -0.1) is 10.2 Å². The number of hydrogen-bond acceptors (Lipinski definition) is 5. The fourth-order valence-corrected chi connectivity index (χ4v) is 2.21. The van der Waals surface area contributed by atoms with Crippen LogP contribution in [-0.2, 0) is 0 Å². The molecule has 2 rings (SSSR count). The molecule has 5 nitrogen and oxygen atoms in total. The summed E-state index contributed by atoms with van der Waals surface area (Å²) in [6, 6.07) is 3.64. The first kappa shape index (κ1) is 12.8. The summed E-state index contributed by atoms with van der Waals surface area (Å²) < 4.78 is 0. The fourth-order valence-electron chi connectivity index (χ4n) is 1.44. The van der Waals surface area contributed by atoms with E-state index in [0.717, 1.165) is 17.4 Å². The Morgan fingerprint density at radius 1 is 1.39 bits per heavy atom. The van der Waals surface area contributed by atoms with Gasteiger partial charge in [-0.1, -0.05) is 25.2 Å². The van der Waals surface area contributed by atoms with Crippen molar-refractivity contribution in [2.24, 2.45) is 5.92 Å². The van der Waals surface area contributed by atoms with Gasteiger partial charge in [-0.2, -0.15) is 0 Å². The van der Waals surface area contributed by atoms with Gasteiger partial charge in [0.1, 0.15) is 0 Å². The smallest absolute Gasteiger partial charge is 0.258 e. The minimum absolute atomic E-state index is 0.124. The molecule has 96 valence electrons. The Morgan fingerprint density at radius 3 is 2.83 bits per heavy atom. The van der Waals surface area contributed by atoms with Crippen LogP contribution in [0.4, 0.5) is 5.13 Å². The lowest BCUT2D eigenvalue weighted by atomic mass is 10.2. The van der Waals surface area contributed by atoms with Crippen LogP contribution in [0.1, 0.15) is 19.5 Å². The van der Waals surface area contributed by atoms with Crippen LogP contribution in [0.25, 0.3) is 10.6 Å². The van der Waals surface area contributed by atoms with Crippen LogP contribution in [0.2, 0.25) is 0 Å². The summed E-state index contributed by atoms with van der Waals surface area (Å²) in [5.74, 6) is 0.542. The molecule has 2 aromatic heterocycles. The highest BCUT2D eigenvalue weighted by molar-refractivity contribution is 7.18. The molecule has 0 saturated heterocycles. The zero-order valence-electron chi connectivity index (χ0n) is 10.7. The number of hydrogen-bond donors (Lipinski definition) is 2. The summed E-state index contributed by atoms with van der Waals surface area (Å²) in [4.78, 5) is 14.5. The quantitative estimate of drug-likeness (QED) is 0.888. The topological polar surface area (TPSA) is 70.7 Å². The van der Waals surface area contributed by atoms with E-state index in [9.17, 15) is 4.79 Å². The molecule has 0 amide bonds. The molecule has 2 aromatic rings. The number of aryl methyl sites for hydroxylation is 1. The van der Waals surface area contributed by atoms with E-state index < -0.39 is 0 Å². The Balaban J connectivity index is 2.21. The van der Waals surface area contributed by atoms with Gasteiger partial charge < -0.3 is 10.3 Å². The molecule has 0 spiro atoms. The number of nitrogens with one attached hydrogen (secondary N) is 2. The number of aromatic nitrogens is 3. The maximum absolute atomic E-state index is 11.8. The van der Waals surface area contributed by atoms with Gasteiger partial charge in [-0.05, 0) is 25.0 Å². The molecule has 0 radical (unpaired) electrons. The third-order valence-electron chi connectivity index (χ3n) is 2.37. The molecule has 6 heteroatoms. The standard InChI is InChI=1S/C12H16N4OS/c1-7(2)6-13-12-16-15-11(18-12)9-5-4-8(3)14-10(9)17/h4-5,7H,6H2,1-3H3,(H,13,16)(H,14,17). The van der Waals surface area contributed by atoms with Crippen molar-refractivity contribution < 1.29 is 0 Å². The summed E-state index contributed by atoms with van der Waals surface area (Å²) in [7, 11) is 0. The highest BCUT2D eigenvalue weighted by Crippen LogP contribution is 2.23. The molecule has 0 unspecified atom stereocenters. The van der Waals surface area contributed by atoms with E-state index in [1.54, 1.807) is 6.07 Å². The Morgan fingerprint density at radius 2 is 2.17 bits per heavy atom. The first-order chi connectivity index (χ1) is 8.56. The van der Waals surface area contributed by atoms with Gasteiger partial charge in [0.15, 0.2) is 5.01 Å². The summed E-state index contributed by atoms with van der Waals surface area (Å²) in [5.41, 5.74) is 1.28. The van der Waals surface area contributed by atoms with E-state index in [4.69, 9.17) is 0 Å². The first-order valence-corrected chi connectivity index (χ1v) is 6.65. The molecule has 0 aliphatic rings. The molecule has 0 aromatic carbocycles. The minimum Gasteiger partial charge on any atom is -0.360 e. The molecule has 0 bridgehead atoms. The zero-order chi connectivity index (χ0) is 13.1. The molecule has 0 saturated carbocycles. The molecular formula is C12H16N4OS. The van der Waals surface area contributed by atoms with E-state index >= 15 is 0 Å². The van der Waals surface area contributed by atoms with Crippen molar-refractivity contribution in [3.05, 3.63) is 28.2 Å². The second kappa shape index (κ2) is 5.30. The van der Waals surface area contributed by atoms with Gasteiger partial charge in [0, 0.05) is 12.2 Å². The van der Waals surface area contributed by atoms with Crippen LogP contribution in [0.3, 0.4) is 0 Å². The van der Waals surface area contributed by atoms with Crippen molar-refractivity contribution >= 4 is 16.5 Å². The van der Waals surface area contributed by atoms with Crippen LogP contribution in [0.15, 0.2) is 16.9 Å². The number of pyridine rings is 1. The van der Waals surface area contributed by atoms with Gasteiger partial charge in [0.05, 0.1) is 5.56 Å². The van der Waals surface area contributed by atoms with Gasteiger partial charge in [0.2, 0.25) is 5.13 Å². The van der Waals surface area contributed by atoms with Gasteiger partial charge in [-0.25, -0.2) is 0 Å². The Kier molecular flexibility index (Phi) is 3.76. The SMILES string of the molecule is Cc1ccc(-c2nnc(NCC(C)C)s2)c(=O)[nH]1. The fraction of sp³-hybridized carbons (Fsp3) is 0.417. The lowest BCUT2D eigenvalue weighted by Crippen LogP contribution is -2.09. The van der Waals surface area contributed by atoms with E-state index in [0.29, 0.717) is 16.5 Å². The van der Waals surface area contributed by atoms with E-state index in [1.807, 2.05) is 13.0 Å². The van der Waals surface area contributed by atoms with Crippen molar-refractivity contribution in [2.45, 2.75) is 20.8 Å². The highest BCUT2D eigenvalue weighted by Gasteiger charge is 2.10.